The highest BCUT2D eigenvalue weighted by atomic mass is 32.1. The Labute approximate surface area is 198 Å². The summed E-state index contributed by atoms with van der Waals surface area (Å²) >= 11 is 5.83. The van der Waals surface area contributed by atoms with Gasteiger partial charge in [0.25, 0.3) is 0 Å². The SMILES string of the molecule is COc1ccc(CN2C(=S)N[C@H](c3ccccn3)[C@H]2c2cccn2-c2ccc(C)cn2)cc1. The maximum atomic E-state index is 5.83. The molecule has 4 heterocycles. The fourth-order valence-corrected chi connectivity index (χ4v) is 4.58. The molecule has 1 aliphatic heterocycles. The zero-order chi connectivity index (χ0) is 22.8. The molecular weight excluding hydrogens is 430 g/mol. The molecule has 1 saturated heterocycles. The Morgan fingerprint density at radius 1 is 1.00 bits per heavy atom. The molecule has 1 N–H and O–H groups in total. The van der Waals surface area contributed by atoms with Gasteiger partial charge in [-0.3, -0.25) is 4.98 Å². The van der Waals surface area contributed by atoms with Crippen molar-refractivity contribution in [3.8, 4) is 11.6 Å². The van der Waals surface area contributed by atoms with Crippen molar-refractivity contribution in [2.24, 2.45) is 0 Å². The van der Waals surface area contributed by atoms with Crippen molar-refractivity contribution in [2.45, 2.75) is 25.6 Å². The molecule has 0 amide bonds. The Hall–Kier alpha value is -3.71. The number of rotatable bonds is 6. The van der Waals surface area contributed by atoms with E-state index in [0.29, 0.717) is 11.7 Å². The average Bonchev–Trinajstić information content (AvgIpc) is 3.45. The van der Waals surface area contributed by atoms with Crippen molar-refractivity contribution in [2.75, 3.05) is 7.11 Å². The molecule has 1 aliphatic rings. The average molecular weight is 456 g/mol. The van der Waals surface area contributed by atoms with Gasteiger partial charge in [-0.25, -0.2) is 4.98 Å². The number of nitrogens with zero attached hydrogens (tertiary/aromatic N) is 4. The van der Waals surface area contributed by atoms with Crippen molar-refractivity contribution >= 4 is 17.3 Å². The van der Waals surface area contributed by atoms with Crippen LogP contribution in [0.5, 0.6) is 5.75 Å². The van der Waals surface area contributed by atoms with E-state index in [1.807, 2.05) is 55.7 Å². The van der Waals surface area contributed by atoms with Crippen molar-refractivity contribution in [1.82, 2.24) is 24.8 Å². The lowest BCUT2D eigenvalue weighted by Crippen LogP contribution is -2.30. The maximum absolute atomic E-state index is 5.83. The van der Waals surface area contributed by atoms with Crippen molar-refractivity contribution in [3.05, 3.63) is 108 Å². The minimum absolute atomic E-state index is 0.0624. The molecule has 1 fully saturated rings. The van der Waals surface area contributed by atoms with Crippen molar-refractivity contribution in [3.63, 3.8) is 0 Å². The molecule has 0 radical (unpaired) electrons. The second kappa shape index (κ2) is 9.03. The summed E-state index contributed by atoms with van der Waals surface area (Å²) in [6, 6.07) is 22.3. The first-order valence-electron chi connectivity index (χ1n) is 10.9. The molecule has 0 bridgehead atoms. The van der Waals surface area contributed by atoms with E-state index in [0.717, 1.165) is 34.1 Å². The third kappa shape index (κ3) is 4.19. The molecule has 0 aliphatic carbocycles. The van der Waals surface area contributed by atoms with Crippen LogP contribution < -0.4 is 10.1 Å². The lowest BCUT2D eigenvalue weighted by Gasteiger charge is -2.29. The molecule has 5 rings (SSSR count). The van der Waals surface area contributed by atoms with Crippen molar-refractivity contribution in [1.29, 1.82) is 0 Å². The first-order chi connectivity index (χ1) is 16.1. The van der Waals surface area contributed by atoms with Gasteiger partial charge >= 0.3 is 0 Å². The van der Waals surface area contributed by atoms with Gasteiger partial charge in [0.1, 0.15) is 11.6 Å². The van der Waals surface area contributed by atoms with Crippen LogP contribution in [0.1, 0.15) is 34.6 Å². The molecule has 3 aromatic heterocycles. The van der Waals surface area contributed by atoms with Crippen LogP contribution in [0.2, 0.25) is 0 Å². The van der Waals surface area contributed by atoms with Crippen LogP contribution >= 0.6 is 12.2 Å². The Balaban J connectivity index is 1.57. The normalized spacial score (nSPS) is 17.8. The van der Waals surface area contributed by atoms with E-state index < -0.39 is 0 Å². The third-order valence-electron chi connectivity index (χ3n) is 5.94. The number of nitrogens with one attached hydrogen (secondary N) is 1. The minimum Gasteiger partial charge on any atom is -0.497 e. The number of thiocarbonyl (C=S) groups is 1. The number of methoxy groups -OCH3 is 1. The van der Waals surface area contributed by atoms with Gasteiger partial charge < -0.3 is 19.5 Å². The summed E-state index contributed by atoms with van der Waals surface area (Å²) in [6.07, 6.45) is 5.77. The molecule has 7 heteroatoms. The summed E-state index contributed by atoms with van der Waals surface area (Å²) in [6.45, 7) is 2.71. The van der Waals surface area contributed by atoms with E-state index in [1.54, 1.807) is 7.11 Å². The molecule has 2 atom stereocenters. The molecule has 1 aromatic carbocycles. The molecule has 0 spiro atoms. The lowest BCUT2D eigenvalue weighted by atomic mass is 10.0. The predicted octanol–water partition coefficient (Wildman–Crippen LogP) is 4.76. The first kappa shape index (κ1) is 21.2. The largest absolute Gasteiger partial charge is 0.497 e. The van der Waals surface area contributed by atoms with Gasteiger partial charge in [-0.05, 0) is 72.7 Å². The molecule has 4 aromatic rings. The second-order valence-electron chi connectivity index (χ2n) is 8.10. The minimum atomic E-state index is -0.0870. The van der Waals surface area contributed by atoms with Crippen LogP contribution in [-0.4, -0.2) is 31.7 Å². The van der Waals surface area contributed by atoms with Crippen LogP contribution in [0, 0.1) is 6.92 Å². The van der Waals surface area contributed by atoms with E-state index >= 15 is 0 Å². The van der Waals surface area contributed by atoms with Gasteiger partial charge in [-0.1, -0.05) is 24.3 Å². The monoisotopic (exact) mass is 455 g/mol. The Morgan fingerprint density at radius 2 is 1.85 bits per heavy atom. The Bertz CT molecular complexity index is 1240. The van der Waals surface area contributed by atoms with Crippen LogP contribution in [-0.2, 0) is 6.54 Å². The Morgan fingerprint density at radius 3 is 2.55 bits per heavy atom. The fraction of sp³-hybridized carbons (Fsp3) is 0.192. The summed E-state index contributed by atoms with van der Waals surface area (Å²) in [4.78, 5) is 11.5. The van der Waals surface area contributed by atoms with Gasteiger partial charge in [0.2, 0.25) is 0 Å². The zero-order valence-corrected chi connectivity index (χ0v) is 19.4. The molecular formula is C26H25N5OS. The number of ether oxygens (including phenoxy) is 1. The molecule has 166 valence electrons. The molecule has 6 nitrogen and oxygen atoms in total. The smallest absolute Gasteiger partial charge is 0.170 e. The lowest BCUT2D eigenvalue weighted by molar-refractivity contribution is 0.302. The fourth-order valence-electron chi connectivity index (χ4n) is 4.27. The van der Waals surface area contributed by atoms with Gasteiger partial charge in [0.15, 0.2) is 5.11 Å². The van der Waals surface area contributed by atoms with E-state index in [4.69, 9.17) is 17.0 Å². The van der Waals surface area contributed by atoms with Gasteiger partial charge in [0, 0.05) is 30.8 Å². The molecule has 0 saturated carbocycles. The summed E-state index contributed by atoms with van der Waals surface area (Å²) < 4.78 is 7.45. The number of pyridine rings is 2. The van der Waals surface area contributed by atoms with E-state index in [9.17, 15) is 0 Å². The second-order valence-corrected chi connectivity index (χ2v) is 8.49. The summed E-state index contributed by atoms with van der Waals surface area (Å²) in [5.41, 5.74) is 4.33. The van der Waals surface area contributed by atoms with Crippen LogP contribution in [0.25, 0.3) is 5.82 Å². The summed E-state index contributed by atoms with van der Waals surface area (Å²) in [5, 5.41) is 4.23. The number of benzene rings is 1. The predicted molar refractivity (Wildman–Crippen MR) is 132 cm³/mol. The quantitative estimate of drug-likeness (QED) is 0.423. The van der Waals surface area contributed by atoms with E-state index in [-0.39, 0.29) is 12.1 Å². The van der Waals surface area contributed by atoms with E-state index in [2.05, 4.69) is 61.3 Å². The first-order valence-corrected chi connectivity index (χ1v) is 11.3. The van der Waals surface area contributed by atoms with Crippen LogP contribution in [0.3, 0.4) is 0 Å². The highest BCUT2D eigenvalue weighted by Gasteiger charge is 2.41. The van der Waals surface area contributed by atoms with Gasteiger partial charge in [-0.2, -0.15) is 0 Å². The van der Waals surface area contributed by atoms with Crippen LogP contribution in [0.4, 0.5) is 0 Å². The number of aryl methyl sites for hydroxylation is 1. The zero-order valence-electron chi connectivity index (χ0n) is 18.6. The Kier molecular flexibility index (Phi) is 5.79. The maximum Gasteiger partial charge on any atom is 0.170 e. The van der Waals surface area contributed by atoms with Crippen molar-refractivity contribution < 1.29 is 4.74 Å². The number of hydrogen-bond donors (Lipinski definition) is 1. The van der Waals surface area contributed by atoms with Gasteiger partial charge in [0.05, 0.1) is 24.9 Å². The molecule has 33 heavy (non-hydrogen) atoms. The highest BCUT2D eigenvalue weighted by molar-refractivity contribution is 7.80. The van der Waals surface area contributed by atoms with E-state index in [1.165, 1.54) is 0 Å². The van der Waals surface area contributed by atoms with Gasteiger partial charge in [-0.15, -0.1) is 0 Å². The topological polar surface area (TPSA) is 55.2 Å². The number of aromatic nitrogens is 3. The standard InChI is InChI=1S/C26H25N5OS/c1-18-8-13-23(28-16-18)30-15-5-7-22(30)25-24(21-6-3-4-14-27-21)29-26(33)31(25)17-19-9-11-20(32-2)12-10-19/h3-16,24-25H,17H2,1-2H3,(H,29,33)/t24-,25-/m1/s1. The highest BCUT2D eigenvalue weighted by Crippen LogP contribution is 2.40. The summed E-state index contributed by atoms with van der Waals surface area (Å²) in [7, 11) is 1.68. The number of hydrogen-bond acceptors (Lipinski definition) is 4. The molecule has 0 unspecified atom stereocenters. The third-order valence-corrected chi connectivity index (χ3v) is 6.29. The summed E-state index contributed by atoms with van der Waals surface area (Å²) in [5.74, 6) is 1.71. The van der Waals surface area contributed by atoms with Crippen LogP contribution in [0.15, 0.2) is 85.3 Å².